The van der Waals surface area contributed by atoms with Crippen LogP contribution in [0.15, 0.2) is 168 Å². The molecule has 8 rings (SSSR count). The van der Waals surface area contributed by atoms with Crippen LogP contribution in [0.2, 0.25) is 4.34 Å². The van der Waals surface area contributed by atoms with E-state index in [1.165, 1.54) is 16.7 Å². The smallest absolute Gasteiger partial charge is 0.413 e. The highest BCUT2D eigenvalue weighted by Gasteiger charge is 2.55. The molecule has 1 fully saturated rings. The highest BCUT2D eigenvalue weighted by molar-refractivity contribution is 8.00. The average molecular weight is 927 g/mol. The third kappa shape index (κ3) is 9.56. The Balaban J connectivity index is 1.13. The van der Waals surface area contributed by atoms with Crippen molar-refractivity contribution in [1.82, 2.24) is 15.2 Å². The average Bonchev–Trinajstić information content (AvgIpc) is 3.67. The predicted octanol–water partition coefficient (Wildman–Crippen LogP) is 9.86. The van der Waals surface area contributed by atoms with Gasteiger partial charge in [0.15, 0.2) is 16.9 Å². The van der Waals surface area contributed by atoms with Crippen LogP contribution in [0.25, 0.3) is 0 Å². The summed E-state index contributed by atoms with van der Waals surface area (Å²) in [5.41, 5.74) is 1.70. The van der Waals surface area contributed by atoms with Crippen LogP contribution in [-0.2, 0) is 34.3 Å². The largest absolute Gasteiger partial charge is 0.448 e. The van der Waals surface area contributed by atoms with Crippen molar-refractivity contribution in [2.24, 2.45) is 5.16 Å². The Hall–Kier alpha value is -6.74. The number of ether oxygens (including phenoxy) is 2. The van der Waals surface area contributed by atoms with Gasteiger partial charge in [-0.05, 0) is 44.4 Å². The molecule has 0 saturated carbocycles. The Kier molecular flexibility index (Phi) is 13.2. The predicted molar refractivity (Wildman–Crippen MR) is 252 cm³/mol. The quantitative estimate of drug-likeness (QED) is 0.0380. The number of esters is 1. The van der Waals surface area contributed by atoms with Gasteiger partial charge in [-0.25, -0.2) is 14.6 Å². The molecule has 1 saturated heterocycles. The number of oxime groups is 1. The highest BCUT2D eigenvalue weighted by atomic mass is 35.5. The summed E-state index contributed by atoms with van der Waals surface area (Å²) in [4.78, 5) is 68.7. The van der Waals surface area contributed by atoms with Crippen LogP contribution in [0.1, 0.15) is 67.3 Å². The van der Waals surface area contributed by atoms with Crippen molar-refractivity contribution < 1.29 is 33.5 Å². The molecular weight excluding hydrogens is 882 g/mol. The third-order valence-electron chi connectivity index (χ3n) is 10.5. The van der Waals surface area contributed by atoms with Gasteiger partial charge in [-0.2, -0.15) is 0 Å². The minimum Gasteiger partial charge on any atom is -0.448 e. The van der Waals surface area contributed by atoms with Gasteiger partial charge in [-0.1, -0.05) is 180 Å². The zero-order chi connectivity index (χ0) is 45.7. The van der Waals surface area contributed by atoms with E-state index in [9.17, 15) is 19.2 Å². The van der Waals surface area contributed by atoms with Gasteiger partial charge in [-0.15, -0.1) is 11.8 Å². The first-order valence-corrected chi connectivity index (χ1v) is 22.9. The monoisotopic (exact) mass is 925 g/mol. The maximum atomic E-state index is 14.8. The van der Waals surface area contributed by atoms with Gasteiger partial charge in [0, 0.05) is 22.4 Å². The molecule has 65 heavy (non-hydrogen) atoms. The van der Waals surface area contributed by atoms with Crippen molar-refractivity contribution in [2.45, 2.75) is 56.4 Å². The second kappa shape index (κ2) is 19.2. The second-order valence-corrected chi connectivity index (χ2v) is 18.9. The number of fused-ring (bicyclic) bond motifs is 1. The molecule has 1 aromatic heterocycles. The number of β-lactam (4-membered cyclic amide) rings is 1. The lowest BCUT2D eigenvalue weighted by Gasteiger charge is -2.49. The number of halogens is 1. The fourth-order valence-corrected chi connectivity index (χ4v) is 9.92. The summed E-state index contributed by atoms with van der Waals surface area (Å²) in [5, 5.41) is 9.40. The van der Waals surface area contributed by atoms with E-state index < -0.39 is 52.6 Å². The third-order valence-corrected chi connectivity index (χ3v) is 13.1. The van der Waals surface area contributed by atoms with Crippen molar-refractivity contribution >= 4 is 69.4 Å². The normalized spacial score (nSPS) is 16.3. The number of benzene rings is 5. The highest BCUT2D eigenvalue weighted by Crippen LogP contribution is 2.43. The van der Waals surface area contributed by atoms with Crippen LogP contribution in [0.3, 0.4) is 0 Å². The molecule has 2 aliphatic rings. The number of carbonyl (C=O) groups excluding carboxylic acids is 4. The first-order valence-electron chi connectivity index (χ1n) is 20.7. The molecular formula is C50H44ClN5O7S2. The van der Waals surface area contributed by atoms with E-state index in [1.54, 1.807) is 27.7 Å². The van der Waals surface area contributed by atoms with Crippen LogP contribution in [0.5, 0.6) is 0 Å². The van der Waals surface area contributed by atoms with Crippen molar-refractivity contribution in [3.8, 4) is 0 Å². The van der Waals surface area contributed by atoms with E-state index in [0.29, 0.717) is 28.0 Å². The van der Waals surface area contributed by atoms with Gasteiger partial charge in [0.25, 0.3) is 11.8 Å². The zero-order valence-electron chi connectivity index (χ0n) is 35.8. The van der Waals surface area contributed by atoms with Gasteiger partial charge in [0.1, 0.15) is 32.7 Å². The molecule has 6 aromatic rings. The van der Waals surface area contributed by atoms with Gasteiger partial charge in [0.2, 0.25) is 5.60 Å². The molecule has 330 valence electrons. The fraction of sp³-hybridized carbons (Fsp3) is 0.200. The summed E-state index contributed by atoms with van der Waals surface area (Å²) < 4.78 is 11.6. The molecule has 5 aromatic carbocycles. The molecule has 15 heteroatoms. The first kappa shape index (κ1) is 44.9. The Morgan fingerprint density at radius 2 is 1.28 bits per heavy atom. The molecule has 3 amide bonds. The maximum Gasteiger partial charge on any atom is 0.413 e. The molecule has 0 bridgehead atoms. The van der Waals surface area contributed by atoms with Gasteiger partial charge in [-0.3, -0.25) is 19.8 Å². The summed E-state index contributed by atoms with van der Waals surface area (Å²) in [6, 6.07) is 46.0. The lowest BCUT2D eigenvalue weighted by Crippen LogP contribution is -2.71. The second-order valence-electron chi connectivity index (χ2n) is 16.2. The molecule has 0 radical (unpaired) electrons. The molecule has 3 heterocycles. The van der Waals surface area contributed by atoms with Crippen LogP contribution >= 0.6 is 34.7 Å². The Morgan fingerprint density at radius 1 is 0.785 bits per heavy atom. The summed E-state index contributed by atoms with van der Waals surface area (Å²) in [6.45, 7) is 6.95. The molecule has 0 aliphatic carbocycles. The number of anilines is 1. The summed E-state index contributed by atoms with van der Waals surface area (Å²) in [6.07, 6.45) is -1.52. The molecule has 2 N–H and O–H groups in total. The number of nitrogens with one attached hydrogen (secondary N) is 2. The number of amides is 3. The standard InChI is InChI=1S/C50H44ClN5O7S2/c1-31-30-64-45-39(44(58)56(45)40(31)46(59)61-41(32-20-10-5-11-21-32)33-22-12-6-13-23-33)52-43(57)38(37-42(51)65-47(53-37)54-48(60)62-49(2,3)4)55-63-50(34-24-14-7-15-25-34,35-26-16-8-17-27-35)36-28-18-9-19-29-36/h5-29,39,41,45H,30H2,1-4H3,(H,52,57)(H,53,54,60)/t39-,45-/m1/s1. The van der Waals surface area contributed by atoms with Crippen molar-refractivity contribution in [3.63, 3.8) is 0 Å². The summed E-state index contributed by atoms with van der Waals surface area (Å²) >= 11 is 9.12. The molecule has 0 unspecified atom stereocenters. The van der Waals surface area contributed by atoms with Crippen LogP contribution in [0, 0.1) is 0 Å². The van der Waals surface area contributed by atoms with Crippen LogP contribution in [-0.4, -0.2) is 62.2 Å². The minimum absolute atomic E-state index is 0.00173. The van der Waals surface area contributed by atoms with Gasteiger partial charge in [0.05, 0.1) is 0 Å². The number of rotatable bonds is 13. The molecule has 0 spiro atoms. The number of nitrogens with zero attached hydrogens (tertiary/aromatic N) is 3. The molecule has 12 nitrogen and oxygen atoms in total. The van der Waals surface area contributed by atoms with Crippen LogP contribution < -0.4 is 10.6 Å². The number of carbonyl (C=O) groups is 4. The minimum atomic E-state index is -1.41. The number of thiazole rings is 1. The topological polar surface area (TPSA) is 149 Å². The number of hydrogen-bond acceptors (Lipinski definition) is 11. The van der Waals surface area contributed by atoms with E-state index in [2.05, 4.69) is 20.8 Å². The maximum absolute atomic E-state index is 14.8. The van der Waals surface area contributed by atoms with Gasteiger partial charge < -0.3 is 19.6 Å². The molecule has 2 aliphatic heterocycles. The summed E-state index contributed by atoms with van der Waals surface area (Å²) in [7, 11) is 0. The Bertz CT molecular complexity index is 2610. The number of thioether (sulfide) groups is 1. The van der Waals surface area contributed by atoms with Crippen molar-refractivity contribution in [3.05, 3.63) is 201 Å². The zero-order valence-corrected chi connectivity index (χ0v) is 38.2. The van der Waals surface area contributed by atoms with E-state index in [-0.39, 0.29) is 26.6 Å². The number of aromatic nitrogens is 1. The fourth-order valence-electron chi connectivity index (χ4n) is 7.59. The van der Waals surface area contributed by atoms with Crippen molar-refractivity contribution in [2.75, 3.05) is 11.1 Å². The Labute approximate surface area is 389 Å². The number of hydrogen-bond donors (Lipinski definition) is 2. The van der Waals surface area contributed by atoms with Gasteiger partial charge >= 0.3 is 12.1 Å². The van der Waals surface area contributed by atoms with Crippen molar-refractivity contribution in [1.29, 1.82) is 0 Å². The lowest BCUT2D eigenvalue weighted by atomic mass is 9.80. The SMILES string of the molecule is CC1=C(C(=O)OC(c2ccccc2)c2ccccc2)N2C(=O)[C@@H](NC(=O)C(=NOC(c3ccccc3)(c3ccccc3)c3ccccc3)c3nc(NC(=O)OC(C)(C)C)sc3Cl)[C@H]2SC1. The Morgan fingerprint density at radius 3 is 1.77 bits per heavy atom. The van der Waals surface area contributed by atoms with E-state index in [1.807, 2.05) is 152 Å². The lowest BCUT2D eigenvalue weighted by molar-refractivity contribution is -0.154. The van der Waals surface area contributed by atoms with E-state index in [0.717, 1.165) is 22.5 Å². The van der Waals surface area contributed by atoms with E-state index >= 15 is 0 Å². The van der Waals surface area contributed by atoms with Crippen LogP contribution in [0.4, 0.5) is 9.93 Å². The molecule has 2 atom stereocenters. The van der Waals surface area contributed by atoms with E-state index in [4.69, 9.17) is 25.9 Å². The summed E-state index contributed by atoms with van der Waals surface area (Å²) in [5.74, 6) is -1.65. The first-order chi connectivity index (χ1) is 31.3.